The summed E-state index contributed by atoms with van der Waals surface area (Å²) in [4.78, 5) is 30.3. The molecule has 0 saturated carbocycles. The van der Waals surface area contributed by atoms with Gasteiger partial charge in [-0.3, -0.25) is 9.59 Å². The Hall–Kier alpha value is -2.98. The van der Waals surface area contributed by atoms with Gasteiger partial charge in [0.05, 0.1) is 24.6 Å². The SMILES string of the molecule is C/C(=N/NC(=O)c1csc(N2CCOCC2)n1)c1ccc2c(c1)NC(=O)CO2. The number of hydrazone groups is 1. The van der Waals surface area contributed by atoms with Crippen molar-refractivity contribution in [2.45, 2.75) is 6.92 Å². The summed E-state index contributed by atoms with van der Waals surface area (Å²) in [5.41, 5.74) is 4.81. The van der Waals surface area contributed by atoms with Crippen LogP contribution < -0.4 is 20.4 Å². The fourth-order valence-electron chi connectivity index (χ4n) is 2.83. The van der Waals surface area contributed by atoms with Gasteiger partial charge in [0, 0.05) is 18.5 Å². The number of thiazole rings is 1. The van der Waals surface area contributed by atoms with E-state index < -0.39 is 0 Å². The van der Waals surface area contributed by atoms with Crippen LogP contribution in [0.3, 0.4) is 0 Å². The van der Waals surface area contributed by atoms with Gasteiger partial charge in [0.15, 0.2) is 11.7 Å². The first-order valence-electron chi connectivity index (χ1n) is 8.80. The monoisotopic (exact) mass is 401 g/mol. The Bertz CT molecular complexity index is 936. The van der Waals surface area contributed by atoms with E-state index in [1.807, 2.05) is 6.07 Å². The smallest absolute Gasteiger partial charge is 0.290 e. The third-order valence-corrected chi connectivity index (χ3v) is 5.26. The third-order valence-electron chi connectivity index (χ3n) is 4.36. The van der Waals surface area contributed by atoms with Crippen molar-refractivity contribution in [3.8, 4) is 5.75 Å². The van der Waals surface area contributed by atoms with Crippen LogP contribution in [0.1, 0.15) is 23.0 Å². The molecule has 10 heteroatoms. The molecule has 0 radical (unpaired) electrons. The Morgan fingerprint density at radius 3 is 3.00 bits per heavy atom. The van der Waals surface area contributed by atoms with Gasteiger partial charge in [0.25, 0.3) is 11.8 Å². The van der Waals surface area contributed by atoms with E-state index in [-0.39, 0.29) is 18.4 Å². The highest BCUT2D eigenvalue weighted by molar-refractivity contribution is 7.13. The summed E-state index contributed by atoms with van der Waals surface area (Å²) >= 11 is 1.43. The minimum absolute atomic E-state index is 0.00948. The zero-order valence-electron chi connectivity index (χ0n) is 15.2. The number of fused-ring (bicyclic) bond motifs is 1. The fraction of sp³-hybridized carbons (Fsp3) is 0.333. The van der Waals surface area contributed by atoms with Crippen LogP contribution in [-0.4, -0.2) is 55.4 Å². The second-order valence-corrected chi connectivity index (χ2v) is 7.14. The lowest BCUT2D eigenvalue weighted by atomic mass is 10.1. The van der Waals surface area contributed by atoms with Crippen molar-refractivity contribution in [1.82, 2.24) is 10.4 Å². The maximum atomic E-state index is 12.4. The summed E-state index contributed by atoms with van der Waals surface area (Å²) < 4.78 is 10.7. The molecule has 0 spiro atoms. The second-order valence-electron chi connectivity index (χ2n) is 6.30. The van der Waals surface area contributed by atoms with Crippen molar-refractivity contribution in [2.75, 3.05) is 43.1 Å². The lowest BCUT2D eigenvalue weighted by Gasteiger charge is -2.25. The van der Waals surface area contributed by atoms with E-state index in [0.717, 1.165) is 23.8 Å². The lowest BCUT2D eigenvalue weighted by molar-refractivity contribution is -0.118. The molecule has 1 saturated heterocycles. The molecule has 3 heterocycles. The highest BCUT2D eigenvalue weighted by Crippen LogP contribution is 2.28. The molecule has 1 aromatic carbocycles. The molecule has 28 heavy (non-hydrogen) atoms. The number of carbonyl (C=O) groups excluding carboxylic acids is 2. The molecule has 0 bridgehead atoms. The molecular weight excluding hydrogens is 382 g/mol. The van der Waals surface area contributed by atoms with Crippen molar-refractivity contribution < 1.29 is 19.1 Å². The van der Waals surface area contributed by atoms with E-state index in [4.69, 9.17) is 9.47 Å². The lowest BCUT2D eigenvalue weighted by Crippen LogP contribution is -2.36. The molecule has 2 aromatic rings. The molecule has 2 amide bonds. The summed E-state index contributed by atoms with van der Waals surface area (Å²) in [6, 6.07) is 5.34. The van der Waals surface area contributed by atoms with Gasteiger partial charge in [0.1, 0.15) is 11.4 Å². The molecule has 2 aliphatic rings. The van der Waals surface area contributed by atoms with Crippen LogP contribution in [0.5, 0.6) is 5.75 Å². The molecule has 1 aromatic heterocycles. The number of nitrogens with zero attached hydrogens (tertiary/aromatic N) is 3. The van der Waals surface area contributed by atoms with Crippen molar-refractivity contribution in [3.63, 3.8) is 0 Å². The van der Waals surface area contributed by atoms with Crippen LogP contribution in [0.2, 0.25) is 0 Å². The van der Waals surface area contributed by atoms with Gasteiger partial charge in [-0.05, 0) is 30.7 Å². The molecule has 0 atom stereocenters. The maximum absolute atomic E-state index is 12.4. The van der Waals surface area contributed by atoms with E-state index in [2.05, 4.69) is 25.7 Å². The van der Waals surface area contributed by atoms with Crippen molar-refractivity contribution >= 4 is 39.7 Å². The zero-order valence-corrected chi connectivity index (χ0v) is 16.0. The van der Waals surface area contributed by atoms with E-state index >= 15 is 0 Å². The number of hydrogen-bond donors (Lipinski definition) is 2. The molecule has 0 unspecified atom stereocenters. The van der Waals surface area contributed by atoms with Gasteiger partial charge in [0.2, 0.25) is 0 Å². The minimum atomic E-state index is -0.371. The average Bonchev–Trinajstić information content (AvgIpc) is 3.22. The Morgan fingerprint density at radius 2 is 2.18 bits per heavy atom. The summed E-state index contributed by atoms with van der Waals surface area (Å²) in [6.45, 7) is 4.64. The first-order valence-corrected chi connectivity index (χ1v) is 9.68. The Balaban J connectivity index is 1.42. The number of aromatic nitrogens is 1. The second kappa shape index (κ2) is 7.95. The van der Waals surface area contributed by atoms with Crippen molar-refractivity contribution in [3.05, 3.63) is 34.8 Å². The first-order chi connectivity index (χ1) is 13.6. The average molecular weight is 401 g/mol. The summed E-state index contributed by atoms with van der Waals surface area (Å²) in [7, 11) is 0. The molecule has 9 nitrogen and oxygen atoms in total. The molecule has 2 N–H and O–H groups in total. The summed E-state index contributed by atoms with van der Waals surface area (Å²) in [6.07, 6.45) is 0. The molecule has 0 aliphatic carbocycles. The third kappa shape index (κ3) is 3.97. The van der Waals surface area contributed by atoms with Gasteiger partial charge in [-0.25, -0.2) is 10.4 Å². The number of hydrogen-bond acceptors (Lipinski definition) is 8. The number of amides is 2. The standard InChI is InChI=1S/C18H19N5O4S/c1-11(12-2-3-15-13(8-12)19-16(24)9-27-15)21-22-17(25)14-10-28-18(20-14)23-4-6-26-7-5-23/h2-3,8,10H,4-7,9H2,1H3,(H,19,24)(H,22,25)/b21-11-. The molecule has 1 fully saturated rings. The molecule has 2 aliphatic heterocycles. The zero-order chi connectivity index (χ0) is 19.5. The molecule has 4 rings (SSSR count). The van der Waals surface area contributed by atoms with E-state index in [9.17, 15) is 9.59 Å². The Kier molecular flexibility index (Phi) is 5.22. The number of benzene rings is 1. The number of nitrogens with one attached hydrogen (secondary N) is 2. The van der Waals surface area contributed by atoms with E-state index in [1.165, 1.54) is 11.3 Å². The van der Waals surface area contributed by atoms with Crippen molar-refractivity contribution in [2.24, 2.45) is 5.10 Å². The quantitative estimate of drug-likeness (QED) is 0.594. The first kappa shape index (κ1) is 18.4. The number of rotatable bonds is 4. The predicted molar refractivity (Wildman–Crippen MR) is 105 cm³/mol. The summed E-state index contributed by atoms with van der Waals surface area (Å²) in [5.74, 6) is 0.0372. The number of anilines is 2. The largest absolute Gasteiger partial charge is 0.482 e. The maximum Gasteiger partial charge on any atom is 0.290 e. The number of morpholine rings is 1. The number of ether oxygens (including phenoxy) is 2. The van der Waals surface area contributed by atoms with Crippen molar-refractivity contribution in [1.29, 1.82) is 0 Å². The van der Waals surface area contributed by atoms with Crippen LogP contribution in [0.25, 0.3) is 0 Å². The van der Waals surface area contributed by atoms with Gasteiger partial charge >= 0.3 is 0 Å². The van der Waals surface area contributed by atoms with Crippen LogP contribution in [0.4, 0.5) is 10.8 Å². The highest BCUT2D eigenvalue weighted by atomic mass is 32.1. The van der Waals surface area contributed by atoms with Gasteiger partial charge in [-0.15, -0.1) is 11.3 Å². The minimum Gasteiger partial charge on any atom is -0.482 e. The van der Waals surface area contributed by atoms with Crippen LogP contribution in [-0.2, 0) is 9.53 Å². The summed E-state index contributed by atoms with van der Waals surface area (Å²) in [5, 5.41) is 9.43. The normalized spacial score (nSPS) is 16.8. The predicted octanol–water partition coefficient (Wildman–Crippen LogP) is 1.46. The molecular formula is C18H19N5O4S. The van der Waals surface area contributed by atoms with E-state index in [0.29, 0.717) is 36.1 Å². The van der Waals surface area contributed by atoms with E-state index in [1.54, 1.807) is 24.4 Å². The Labute approximate surface area is 165 Å². The molecule has 146 valence electrons. The van der Waals surface area contributed by atoms with Crippen LogP contribution in [0.15, 0.2) is 28.7 Å². The van der Waals surface area contributed by atoms with Gasteiger partial charge < -0.3 is 19.7 Å². The highest BCUT2D eigenvalue weighted by Gasteiger charge is 2.18. The number of carbonyl (C=O) groups is 2. The van der Waals surface area contributed by atoms with Gasteiger partial charge in [-0.1, -0.05) is 0 Å². The van der Waals surface area contributed by atoms with Gasteiger partial charge in [-0.2, -0.15) is 5.10 Å². The Morgan fingerprint density at radius 1 is 1.36 bits per heavy atom. The topological polar surface area (TPSA) is 105 Å². The van der Waals surface area contributed by atoms with Crippen LogP contribution in [0, 0.1) is 0 Å². The van der Waals surface area contributed by atoms with Crippen LogP contribution >= 0.6 is 11.3 Å². The fourth-order valence-corrected chi connectivity index (χ4v) is 3.69.